The fraction of sp³-hybridized carbons (Fsp3) is 0.231. The largest absolute Gasteiger partial charge is 0.494 e. The molecule has 1 amide bonds. The minimum atomic E-state index is -0.401. The number of benzene rings is 1. The SMILES string of the molecule is CCOc1ccc(OCc2csc(C(=O)NN)n2)cc1. The molecule has 0 spiro atoms. The highest BCUT2D eigenvalue weighted by atomic mass is 32.1. The Kier molecular flexibility index (Phi) is 4.91. The van der Waals surface area contributed by atoms with Gasteiger partial charge in [0.15, 0.2) is 5.01 Å². The molecule has 2 aromatic rings. The lowest BCUT2D eigenvalue weighted by atomic mass is 10.3. The number of hydrazine groups is 1. The Morgan fingerprint density at radius 1 is 1.30 bits per heavy atom. The minimum absolute atomic E-state index is 0.294. The van der Waals surface area contributed by atoms with Crippen molar-refractivity contribution in [1.29, 1.82) is 0 Å². The molecule has 1 aromatic heterocycles. The highest BCUT2D eigenvalue weighted by Crippen LogP contribution is 2.19. The number of nitrogens with zero attached hydrogens (tertiary/aromatic N) is 1. The molecule has 20 heavy (non-hydrogen) atoms. The van der Waals surface area contributed by atoms with Gasteiger partial charge in [-0.2, -0.15) is 0 Å². The molecule has 106 valence electrons. The number of rotatable bonds is 6. The number of thiazole rings is 1. The Labute approximate surface area is 120 Å². The highest BCUT2D eigenvalue weighted by Gasteiger charge is 2.09. The molecule has 1 heterocycles. The van der Waals surface area contributed by atoms with Gasteiger partial charge in [0, 0.05) is 5.38 Å². The summed E-state index contributed by atoms with van der Waals surface area (Å²) in [6, 6.07) is 7.33. The smallest absolute Gasteiger partial charge is 0.294 e. The van der Waals surface area contributed by atoms with Crippen LogP contribution in [0.5, 0.6) is 11.5 Å². The van der Waals surface area contributed by atoms with Crippen molar-refractivity contribution in [3.63, 3.8) is 0 Å². The van der Waals surface area contributed by atoms with Gasteiger partial charge in [-0.3, -0.25) is 10.2 Å². The average Bonchev–Trinajstić information content (AvgIpc) is 2.95. The number of nitrogen functional groups attached to an aromatic ring is 1. The minimum Gasteiger partial charge on any atom is -0.494 e. The van der Waals surface area contributed by atoms with Crippen molar-refractivity contribution < 1.29 is 14.3 Å². The lowest BCUT2D eigenvalue weighted by Crippen LogP contribution is -2.29. The number of amides is 1. The molecule has 0 bridgehead atoms. The summed E-state index contributed by atoms with van der Waals surface area (Å²) in [6.07, 6.45) is 0. The number of aromatic nitrogens is 1. The van der Waals surface area contributed by atoms with Gasteiger partial charge in [-0.25, -0.2) is 10.8 Å². The first-order chi connectivity index (χ1) is 9.72. The van der Waals surface area contributed by atoms with E-state index in [1.165, 1.54) is 11.3 Å². The van der Waals surface area contributed by atoms with Crippen LogP contribution in [0.3, 0.4) is 0 Å². The second-order valence-corrected chi connectivity index (χ2v) is 4.67. The molecule has 0 aliphatic rings. The molecule has 7 heteroatoms. The molecule has 6 nitrogen and oxygen atoms in total. The van der Waals surface area contributed by atoms with Crippen molar-refractivity contribution in [2.75, 3.05) is 6.61 Å². The number of carbonyl (C=O) groups excluding carboxylic acids is 1. The predicted octanol–water partition coefficient (Wildman–Crippen LogP) is 1.72. The molecule has 0 atom stereocenters. The lowest BCUT2D eigenvalue weighted by Gasteiger charge is -2.06. The average molecular weight is 293 g/mol. The Morgan fingerprint density at radius 3 is 2.55 bits per heavy atom. The topological polar surface area (TPSA) is 86.5 Å². The lowest BCUT2D eigenvalue weighted by molar-refractivity contribution is 0.0953. The van der Waals surface area contributed by atoms with Gasteiger partial charge in [0.05, 0.1) is 12.3 Å². The summed E-state index contributed by atoms with van der Waals surface area (Å²) in [5.74, 6) is 6.16. The molecule has 0 unspecified atom stereocenters. The van der Waals surface area contributed by atoms with Crippen LogP contribution in [-0.4, -0.2) is 17.5 Å². The van der Waals surface area contributed by atoms with Crippen LogP contribution in [0.15, 0.2) is 29.6 Å². The van der Waals surface area contributed by atoms with E-state index in [9.17, 15) is 4.79 Å². The maximum Gasteiger partial charge on any atom is 0.294 e. The molecule has 0 aliphatic carbocycles. The standard InChI is InChI=1S/C13H15N3O3S/c1-2-18-10-3-5-11(6-4-10)19-7-9-8-20-13(15-9)12(17)16-14/h3-6,8H,2,7,14H2,1H3,(H,16,17). The zero-order valence-electron chi connectivity index (χ0n) is 11.0. The van der Waals surface area contributed by atoms with Crippen LogP contribution in [-0.2, 0) is 6.61 Å². The van der Waals surface area contributed by atoms with Gasteiger partial charge in [-0.15, -0.1) is 11.3 Å². The number of hydrogen-bond acceptors (Lipinski definition) is 6. The zero-order chi connectivity index (χ0) is 14.4. The van der Waals surface area contributed by atoms with Crippen LogP contribution >= 0.6 is 11.3 Å². The summed E-state index contributed by atoms with van der Waals surface area (Å²) in [7, 11) is 0. The van der Waals surface area contributed by atoms with Crippen molar-refractivity contribution in [3.05, 3.63) is 40.3 Å². The van der Waals surface area contributed by atoms with Crippen LogP contribution in [0.2, 0.25) is 0 Å². The number of ether oxygens (including phenoxy) is 2. The summed E-state index contributed by atoms with van der Waals surface area (Å²) in [6.45, 7) is 2.86. The monoisotopic (exact) mass is 293 g/mol. The molecule has 3 N–H and O–H groups in total. The van der Waals surface area contributed by atoms with E-state index in [-0.39, 0.29) is 0 Å². The third-order valence-electron chi connectivity index (χ3n) is 2.40. The molecule has 1 aromatic carbocycles. The van der Waals surface area contributed by atoms with Gasteiger partial charge in [0.2, 0.25) is 0 Å². The van der Waals surface area contributed by atoms with Gasteiger partial charge in [0.1, 0.15) is 18.1 Å². The summed E-state index contributed by atoms with van der Waals surface area (Å²) < 4.78 is 10.9. The normalized spacial score (nSPS) is 10.1. The van der Waals surface area contributed by atoms with E-state index >= 15 is 0 Å². The van der Waals surface area contributed by atoms with E-state index in [1.807, 2.05) is 36.6 Å². The first-order valence-electron chi connectivity index (χ1n) is 6.04. The maximum atomic E-state index is 11.3. The maximum absolute atomic E-state index is 11.3. The predicted molar refractivity (Wildman–Crippen MR) is 75.7 cm³/mol. The molecule has 2 rings (SSSR count). The molecular formula is C13H15N3O3S. The highest BCUT2D eigenvalue weighted by molar-refractivity contribution is 7.11. The Morgan fingerprint density at radius 2 is 1.95 bits per heavy atom. The third-order valence-corrected chi connectivity index (χ3v) is 3.29. The van der Waals surface area contributed by atoms with Crippen molar-refractivity contribution in [3.8, 4) is 11.5 Å². The Hall–Kier alpha value is -2.12. The summed E-state index contributed by atoms with van der Waals surface area (Å²) in [5, 5.41) is 2.08. The van der Waals surface area contributed by atoms with E-state index < -0.39 is 5.91 Å². The van der Waals surface area contributed by atoms with Crippen molar-refractivity contribution >= 4 is 17.2 Å². The molecular weight excluding hydrogens is 278 g/mol. The molecule has 0 saturated carbocycles. The summed E-state index contributed by atoms with van der Waals surface area (Å²) in [4.78, 5) is 15.4. The molecule has 0 saturated heterocycles. The second kappa shape index (κ2) is 6.88. The second-order valence-electron chi connectivity index (χ2n) is 3.81. The van der Waals surface area contributed by atoms with Crippen LogP contribution in [0.1, 0.15) is 22.4 Å². The number of nitrogens with two attached hydrogens (primary N) is 1. The van der Waals surface area contributed by atoms with Gasteiger partial charge in [0.25, 0.3) is 5.91 Å². The molecule has 0 aliphatic heterocycles. The van der Waals surface area contributed by atoms with Crippen LogP contribution in [0, 0.1) is 0 Å². The van der Waals surface area contributed by atoms with E-state index in [0.717, 1.165) is 5.75 Å². The van der Waals surface area contributed by atoms with Crippen LogP contribution < -0.4 is 20.7 Å². The first kappa shape index (κ1) is 14.3. The quantitative estimate of drug-likeness (QED) is 0.481. The van der Waals surface area contributed by atoms with Gasteiger partial charge in [-0.05, 0) is 31.2 Å². The Bertz CT molecular complexity index is 568. The number of nitrogens with one attached hydrogen (secondary N) is 1. The van der Waals surface area contributed by atoms with E-state index in [4.69, 9.17) is 15.3 Å². The first-order valence-corrected chi connectivity index (χ1v) is 6.92. The third kappa shape index (κ3) is 3.69. The van der Waals surface area contributed by atoms with E-state index in [0.29, 0.717) is 29.7 Å². The van der Waals surface area contributed by atoms with E-state index in [2.05, 4.69) is 4.98 Å². The summed E-state index contributed by atoms with van der Waals surface area (Å²) in [5.41, 5.74) is 2.72. The van der Waals surface area contributed by atoms with Crippen molar-refractivity contribution in [2.45, 2.75) is 13.5 Å². The van der Waals surface area contributed by atoms with Crippen LogP contribution in [0.25, 0.3) is 0 Å². The van der Waals surface area contributed by atoms with Crippen molar-refractivity contribution in [1.82, 2.24) is 10.4 Å². The fourth-order valence-electron chi connectivity index (χ4n) is 1.50. The van der Waals surface area contributed by atoms with Crippen LogP contribution in [0.4, 0.5) is 0 Å². The van der Waals surface area contributed by atoms with Gasteiger partial charge >= 0.3 is 0 Å². The van der Waals surface area contributed by atoms with E-state index in [1.54, 1.807) is 5.38 Å². The van der Waals surface area contributed by atoms with Crippen molar-refractivity contribution in [2.24, 2.45) is 5.84 Å². The Balaban J connectivity index is 1.91. The zero-order valence-corrected chi connectivity index (χ0v) is 11.8. The van der Waals surface area contributed by atoms with Gasteiger partial charge in [-0.1, -0.05) is 0 Å². The fourth-order valence-corrected chi connectivity index (χ4v) is 2.20. The summed E-state index contributed by atoms with van der Waals surface area (Å²) >= 11 is 1.22. The van der Waals surface area contributed by atoms with Gasteiger partial charge < -0.3 is 9.47 Å². The molecule has 0 radical (unpaired) electrons. The number of carbonyl (C=O) groups is 1. The number of hydrogen-bond donors (Lipinski definition) is 2. The molecule has 0 fully saturated rings.